The van der Waals surface area contributed by atoms with Crippen molar-refractivity contribution in [3.63, 3.8) is 0 Å². The number of carbonyl (C=O) groups excluding carboxylic acids is 2. The second-order valence-electron chi connectivity index (χ2n) is 2.70. The van der Waals surface area contributed by atoms with Crippen LogP contribution in [0.5, 0.6) is 0 Å². The summed E-state index contributed by atoms with van der Waals surface area (Å²) in [7, 11) is 3.40. The molecule has 76 valence electrons. The van der Waals surface area contributed by atoms with Gasteiger partial charge in [0, 0.05) is 7.05 Å². The lowest BCUT2D eigenvalue weighted by atomic mass is 10.1. The first-order valence-electron chi connectivity index (χ1n) is 4.32. The van der Waals surface area contributed by atoms with Crippen molar-refractivity contribution in [2.75, 3.05) is 20.6 Å². The molecule has 0 saturated carbocycles. The minimum absolute atomic E-state index is 0.150. The molecule has 13 heavy (non-hydrogen) atoms. The molecular weight excluding hydrogens is 170 g/mol. The molecule has 3 N–H and O–H groups in total. The zero-order chi connectivity index (χ0) is 10.1. The van der Waals surface area contributed by atoms with Gasteiger partial charge in [0.05, 0.1) is 0 Å². The van der Waals surface area contributed by atoms with Gasteiger partial charge < -0.3 is 16.0 Å². The molecule has 0 fully saturated rings. The quantitative estimate of drug-likeness (QED) is 0.348. The number of rotatable bonds is 7. The first kappa shape index (κ1) is 11.9. The van der Waals surface area contributed by atoms with Crippen LogP contribution in [0.2, 0.25) is 0 Å². The molecule has 0 saturated heterocycles. The van der Waals surface area contributed by atoms with E-state index in [0.717, 1.165) is 13.0 Å². The first-order valence-corrected chi connectivity index (χ1v) is 4.32. The summed E-state index contributed by atoms with van der Waals surface area (Å²) in [4.78, 5) is 21.3. The Morgan fingerprint density at radius 3 is 2.62 bits per heavy atom. The van der Waals surface area contributed by atoms with Gasteiger partial charge in [-0.2, -0.15) is 0 Å². The Balaban J connectivity index is 3.79. The van der Waals surface area contributed by atoms with Crippen LogP contribution in [0.3, 0.4) is 0 Å². The van der Waals surface area contributed by atoms with Crippen molar-refractivity contribution < 1.29 is 9.59 Å². The number of hydrogen-bond donors (Lipinski definition) is 3. The maximum Gasteiger partial charge on any atom is 0.242 e. The molecule has 0 unspecified atom stereocenters. The van der Waals surface area contributed by atoms with E-state index in [1.807, 2.05) is 7.05 Å². The van der Waals surface area contributed by atoms with Crippen molar-refractivity contribution in [2.24, 2.45) is 0 Å². The van der Waals surface area contributed by atoms with Gasteiger partial charge in [-0.1, -0.05) is 0 Å². The Hall–Kier alpha value is -1.10. The van der Waals surface area contributed by atoms with E-state index in [1.54, 1.807) is 7.05 Å². The number of nitrogens with one attached hydrogen (secondary N) is 3. The summed E-state index contributed by atoms with van der Waals surface area (Å²) < 4.78 is 0. The minimum atomic E-state index is -0.407. The second kappa shape index (κ2) is 7.54. The Bertz CT molecular complexity index is 161. The molecular formula is C8H17N3O2. The predicted octanol–water partition coefficient (Wildman–Crippen LogP) is -1.15. The van der Waals surface area contributed by atoms with E-state index in [1.165, 1.54) is 0 Å². The van der Waals surface area contributed by atoms with Crippen LogP contribution in [0, 0.1) is 0 Å². The maximum absolute atomic E-state index is 11.1. The molecule has 0 aliphatic heterocycles. The maximum atomic E-state index is 11.1. The number of amides is 2. The minimum Gasteiger partial charge on any atom is -0.357 e. The third-order valence-corrected chi connectivity index (χ3v) is 1.75. The van der Waals surface area contributed by atoms with Crippen molar-refractivity contribution in [1.29, 1.82) is 0 Å². The largest absolute Gasteiger partial charge is 0.357 e. The molecule has 0 aromatic carbocycles. The average molecular weight is 187 g/mol. The lowest BCUT2D eigenvalue weighted by Crippen LogP contribution is -2.42. The average Bonchev–Trinajstić information content (AvgIpc) is 2.16. The van der Waals surface area contributed by atoms with Crippen molar-refractivity contribution in [3.05, 3.63) is 0 Å². The van der Waals surface area contributed by atoms with Crippen LogP contribution >= 0.6 is 0 Å². The van der Waals surface area contributed by atoms with E-state index >= 15 is 0 Å². The zero-order valence-electron chi connectivity index (χ0n) is 8.09. The smallest absolute Gasteiger partial charge is 0.242 e. The van der Waals surface area contributed by atoms with Crippen molar-refractivity contribution in [2.45, 2.75) is 18.9 Å². The summed E-state index contributed by atoms with van der Waals surface area (Å²) in [5.74, 6) is -0.150. The summed E-state index contributed by atoms with van der Waals surface area (Å²) in [6.45, 7) is 0.841. The highest BCUT2D eigenvalue weighted by Gasteiger charge is 2.14. The number of carbonyl (C=O) groups is 2. The summed E-state index contributed by atoms with van der Waals surface area (Å²) in [5, 5.41) is 7.94. The lowest BCUT2D eigenvalue weighted by Gasteiger charge is -2.13. The fourth-order valence-electron chi connectivity index (χ4n) is 1.03. The molecule has 0 aliphatic carbocycles. The normalized spacial score (nSPS) is 11.8. The van der Waals surface area contributed by atoms with Crippen LogP contribution in [0.4, 0.5) is 0 Å². The Morgan fingerprint density at radius 2 is 2.15 bits per heavy atom. The summed E-state index contributed by atoms with van der Waals surface area (Å²) >= 11 is 0. The van der Waals surface area contributed by atoms with Gasteiger partial charge in [0.2, 0.25) is 12.3 Å². The van der Waals surface area contributed by atoms with Gasteiger partial charge in [0.25, 0.3) is 0 Å². The standard InChI is InChI=1S/C8H17N3O2/c1-9-5-3-4-7(11-6-12)8(13)10-2/h6-7,9H,3-5H2,1-2H3,(H,10,13)(H,11,12)/t7-/m0/s1. The second-order valence-corrected chi connectivity index (χ2v) is 2.70. The molecule has 0 bridgehead atoms. The highest BCUT2D eigenvalue weighted by Crippen LogP contribution is 1.95. The molecule has 2 amide bonds. The molecule has 0 aromatic rings. The first-order chi connectivity index (χ1) is 6.26. The van der Waals surface area contributed by atoms with Crippen LogP contribution in [-0.4, -0.2) is 39.0 Å². The van der Waals surface area contributed by atoms with Gasteiger partial charge in [-0.05, 0) is 26.4 Å². The molecule has 0 radical (unpaired) electrons. The van der Waals surface area contributed by atoms with Crippen LogP contribution < -0.4 is 16.0 Å². The van der Waals surface area contributed by atoms with Gasteiger partial charge in [-0.25, -0.2) is 0 Å². The molecule has 0 aromatic heterocycles. The van der Waals surface area contributed by atoms with Gasteiger partial charge in [0.1, 0.15) is 6.04 Å². The number of likely N-dealkylation sites (N-methyl/N-ethyl adjacent to an activating group) is 1. The van der Waals surface area contributed by atoms with Crippen LogP contribution in [0.25, 0.3) is 0 Å². The van der Waals surface area contributed by atoms with Crippen LogP contribution in [0.15, 0.2) is 0 Å². The molecule has 0 spiro atoms. The fraction of sp³-hybridized carbons (Fsp3) is 0.750. The predicted molar refractivity (Wildman–Crippen MR) is 50.2 cm³/mol. The van der Waals surface area contributed by atoms with E-state index in [4.69, 9.17) is 0 Å². The van der Waals surface area contributed by atoms with Crippen molar-refractivity contribution in [1.82, 2.24) is 16.0 Å². The molecule has 1 atom stereocenters. The molecule has 5 nitrogen and oxygen atoms in total. The van der Waals surface area contributed by atoms with E-state index in [0.29, 0.717) is 12.8 Å². The molecule has 5 heteroatoms. The topological polar surface area (TPSA) is 70.2 Å². The van der Waals surface area contributed by atoms with Gasteiger partial charge in [-0.3, -0.25) is 9.59 Å². The molecule has 0 aliphatic rings. The monoisotopic (exact) mass is 187 g/mol. The van der Waals surface area contributed by atoms with Gasteiger partial charge >= 0.3 is 0 Å². The highest BCUT2D eigenvalue weighted by atomic mass is 16.2. The van der Waals surface area contributed by atoms with Crippen LogP contribution in [-0.2, 0) is 9.59 Å². The summed E-state index contributed by atoms with van der Waals surface area (Å²) in [6.07, 6.45) is 2.06. The van der Waals surface area contributed by atoms with E-state index in [-0.39, 0.29) is 5.91 Å². The Labute approximate surface area is 78.3 Å². The SMILES string of the molecule is CNCCC[C@H](NC=O)C(=O)NC. The van der Waals surface area contributed by atoms with E-state index in [2.05, 4.69) is 16.0 Å². The molecule has 0 heterocycles. The van der Waals surface area contributed by atoms with E-state index in [9.17, 15) is 9.59 Å². The number of hydrogen-bond acceptors (Lipinski definition) is 3. The zero-order valence-corrected chi connectivity index (χ0v) is 8.09. The summed E-state index contributed by atoms with van der Waals surface area (Å²) in [5.41, 5.74) is 0. The Kier molecular flexibility index (Phi) is 6.91. The van der Waals surface area contributed by atoms with Gasteiger partial charge in [0.15, 0.2) is 0 Å². The Morgan fingerprint density at radius 1 is 1.46 bits per heavy atom. The van der Waals surface area contributed by atoms with E-state index < -0.39 is 6.04 Å². The highest BCUT2D eigenvalue weighted by molar-refractivity contribution is 5.83. The van der Waals surface area contributed by atoms with Gasteiger partial charge in [-0.15, -0.1) is 0 Å². The third-order valence-electron chi connectivity index (χ3n) is 1.75. The summed E-state index contributed by atoms with van der Waals surface area (Å²) in [6, 6.07) is -0.407. The fourth-order valence-corrected chi connectivity index (χ4v) is 1.03. The lowest BCUT2D eigenvalue weighted by molar-refractivity contribution is -0.125. The van der Waals surface area contributed by atoms with Crippen molar-refractivity contribution in [3.8, 4) is 0 Å². The van der Waals surface area contributed by atoms with Crippen molar-refractivity contribution >= 4 is 12.3 Å². The molecule has 0 rings (SSSR count). The van der Waals surface area contributed by atoms with Crippen LogP contribution in [0.1, 0.15) is 12.8 Å². The third kappa shape index (κ3) is 5.19.